The number of nitrogens with zero attached hydrogens (tertiary/aromatic N) is 5. The zero-order valence-electron chi connectivity index (χ0n) is 22.2. The molecule has 2 atom stereocenters. The van der Waals surface area contributed by atoms with E-state index in [0.717, 1.165) is 48.1 Å². The van der Waals surface area contributed by atoms with Gasteiger partial charge in [0.05, 0.1) is 41.5 Å². The molecule has 1 aliphatic carbocycles. The molecule has 0 spiro atoms. The number of nitrogens with one attached hydrogen (secondary N) is 2. The van der Waals surface area contributed by atoms with Gasteiger partial charge >= 0.3 is 0 Å². The third-order valence-electron chi connectivity index (χ3n) is 8.07. The Morgan fingerprint density at radius 3 is 2.90 bits per heavy atom. The zero-order valence-corrected chi connectivity index (χ0v) is 22.2. The third kappa shape index (κ3) is 4.80. The fourth-order valence-electron chi connectivity index (χ4n) is 5.51. The summed E-state index contributed by atoms with van der Waals surface area (Å²) in [5.74, 6) is 0.473. The highest BCUT2D eigenvalue weighted by Crippen LogP contribution is 2.43. The average Bonchev–Trinajstić information content (AvgIpc) is 3.28. The summed E-state index contributed by atoms with van der Waals surface area (Å²) < 4.78 is 24.2. The number of rotatable bonds is 9. The van der Waals surface area contributed by atoms with E-state index in [4.69, 9.17) is 4.52 Å². The summed E-state index contributed by atoms with van der Waals surface area (Å²) in [5.41, 5.74) is 2.93. The number of anilines is 1. The number of hydrogen-bond donors (Lipinski definition) is 3. The van der Waals surface area contributed by atoms with Gasteiger partial charge in [0, 0.05) is 43.1 Å². The van der Waals surface area contributed by atoms with Crippen LogP contribution in [0.2, 0.25) is 0 Å². The van der Waals surface area contributed by atoms with E-state index in [2.05, 4.69) is 25.3 Å². The Bertz CT molecular complexity index is 1490. The first kappa shape index (κ1) is 25.6. The number of halogens is 1. The Labute approximate surface area is 225 Å². The Morgan fingerprint density at radius 2 is 2.15 bits per heavy atom. The summed E-state index contributed by atoms with van der Waals surface area (Å²) in [6.07, 6.45) is 5.21. The Balaban J connectivity index is 1.18. The molecule has 39 heavy (non-hydrogen) atoms. The molecule has 2 fully saturated rings. The van der Waals surface area contributed by atoms with Crippen LogP contribution < -0.4 is 10.6 Å². The molecular formula is C28H34FN7O3. The van der Waals surface area contributed by atoms with E-state index >= 15 is 0 Å². The van der Waals surface area contributed by atoms with Crippen LogP contribution in [0.3, 0.4) is 0 Å². The smallest absolute Gasteiger partial charge is 0.253 e. The minimum absolute atomic E-state index is 0.0636. The van der Waals surface area contributed by atoms with E-state index in [1.807, 2.05) is 53.9 Å². The number of alkyl halides is 1. The third-order valence-corrected chi connectivity index (χ3v) is 8.07. The van der Waals surface area contributed by atoms with Crippen molar-refractivity contribution in [2.45, 2.75) is 57.0 Å². The molecule has 1 saturated carbocycles. The summed E-state index contributed by atoms with van der Waals surface area (Å²) in [5, 5.41) is 21.1. The molecular weight excluding hydrogens is 501 g/mol. The number of aromatic nitrogens is 4. The van der Waals surface area contributed by atoms with E-state index in [1.54, 1.807) is 12.3 Å². The number of hydrogen-bond acceptors (Lipinski definition) is 7. The van der Waals surface area contributed by atoms with Gasteiger partial charge in [0.25, 0.3) is 5.91 Å². The first-order chi connectivity index (χ1) is 18.9. The number of fused-ring (bicyclic) bond motifs is 1. The van der Waals surface area contributed by atoms with Crippen molar-refractivity contribution in [3.8, 4) is 11.5 Å². The molecule has 206 valence electrons. The van der Waals surface area contributed by atoms with Crippen molar-refractivity contribution in [1.29, 1.82) is 0 Å². The van der Waals surface area contributed by atoms with Gasteiger partial charge in [-0.15, -0.1) is 0 Å². The summed E-state index contributed by atoms with van der Waals surface area (Å²) >= 11 is 0. The van der Waals surface area contributed by atoms with Crippen molar-refractivity contribution in [3.05, 3.63) is 54.2 Å². The number of piperidine rings is 1. The fraction of sp³-hybridized carbons (Fsp3) is 0.464. The predicted octanol–water partition coefficient (Wildman–Crippen LogP) is 3.38. The van der Waals surface area contributed by atoms with Crippen molar-refractivity contribution in [3.63, 3.8) is 0 Å². The molecule has 0 unspecified atom stereocenters. The van der Waals surface area contributed by atoms with Crippen molar-refractivity contribution >= 4 is 22.5 Å². The predicted molar refractivity (Wildman–Crippen MR) is 145 cm³/mol. The Kier molecular flexibility index (Phi) is 6.64. The van der Waals surface area contributed by atoms with Gasteiger partial charge in [-0.05, 0) is 57.5 Å². The van der Waals surface area contributed by atoms with E-state index < -0.39 is 6.17 Å². The number of aliphatic hydroxyl groups excluding tert-OH is 1. The van der Waals surface area contributed by atoms with Crippen LogP contribution in [0.15, 0.2) is 47.2 Å². The van der Waals surface area contributed by atoms with E-state index in [1.165, 1.54) is 0 Å². The summed E-state index contributed by atoms with van der Waals surface area (Å²) in [7, 11) is 1.94. The van der Waals surface area contributed by atoms with Crippen LogP contribution in [0.25, 0.3) is 22.4 Å². The van der Waals surface area contributed by atoms with Crippen LogP contribution in [-0.2, 0) is 18.6 Å². The minimum Gasteiger partial charge on any atom is -0.394 e. The van der Waals surface area contributed by atoms with Crippen molar-refractivity contribution in [2.75, 3.05) is 32.1 Å². The number of aryl methyl sites for hydroxylation is 1. The van der Waals surface area contributed by atoms with Gasteiger partial charge in [-0.1, -0.05) is 11.2 Å². The van der Waals surface area contributed by atoms with E-state index in [9.17, 15) is 14.3 Å². The molecule has 3 N–H and O–H groups in total. The fourth-order valence-corrected chi connectivity index (χ4v) is 5.51. The largest absolute Gasteiger partial charge is 0.394 e. The maximum atomic E-state index is 14.7. The molecule has 0 radical (unpaired) electrons. The van der Waals surface area contributed by atoms with Gasteiger partial charge < -0.3 is 34.3 Å². The lowest BCUT2D eigenvalue weighted by Gasteiger charge is -2.33. The minimum atomic E-state index is -0.940. The topological polar surface area (TPSA) is 113 Å². The Morgan fingerprint density at radius 1 is 1.31 bits per heavy atom. The quantitative estimate of drug-likeness (QED) is 0.301. The lowest BCUT2D eigenvalue weighted by atomic mass is 10.0. The van der Waals surface area contributed by atoms with Crippen LogP contribution in [0.4, 0.5) is 10.1 Å². The highest BCUT2D eigenvalue weighted by Gasteiger charge is 2.43. The van der Waals surface area contributed by atoms with Gasteiger partial charge in [0.2, 0.25) is 11.7 Å². The monoisotopic (exact) mass is 535 g/mol. The summed E-state index contributed by atoms with van der Waals surface area (Å²) in [6.45, 7) is 4.17. The molecule has 2 aliphatic rings. The number of carbonyl (C=O) groups is 1. The molecule has 11 heteroatoms. The standard InChI is InChI=1S/C28H34FN7O3/c1-3-36-23-6-4-5-21(31-22-8-11-34(2)16-20(22)29)19(23)13-24(36)26-32-25(39-33-26)14-30-27(38)18-7-12-35(15-18)28(17-37)9-10-28/h4-7,12-13,15,20,22,31,37H,3,8-11,14,16-17H2,1-2H3,(H,30,38)/t20-,22+/m0/s1. The van der Waals surface area contributed by atoms with Gasteiger partial charge in [-0.3, -0.25) is 4.79 Å². The summed E-state index contributed by atoms with van der Waals surface area (Å²) in [4.78, 5) is 19.2. The average molecular weight is 536 g/mol. The lowest BCUT2D eigenvalue weighted by molar-refractivity contribution is 0.0946. The molecule has 1 saturated heterocycles. The van der Waals surface area contributed by atoms with Crippen molar-refractivity contribution in [2.24, 2.45) is 0 Å². The zero-order chi connectivity index (χ0) is 27.1. The number of carbonyl (C=O) groups excluding carboxylic acids is 1. The Hall–Kier alpha value is -3.70. The maximum Gasteiger partial charge on any atom is 0.253 e. The van der Waals surface area contributed by atoms with E-state index in [-0.39, 0.29) is 30.6 Å². The molecule has 10 nitrogen and oxygen atoms in total. The van der Waals surface area contributed by atoms with Crippen molar-refractivity contribution < 1.29 is 18.8 Å². The second-order valence-electron chi connectivity index (χ2n) is 10.7. The van der Waals surface area contributed by atoms with E-state index in [0.29, 0.717) is 30.4 Å². The maximum absolute atomic E-state index is 14.7. The van der Waals surface area contributed by atoms with Crippen LogP contribution in [0.5, 0.6) is 0 Å². The number of benzene rings is 1. The molecule has 4 aromatic rings. The number of amides is 1. The van der Waals surface area contributed by atoms with Crippen LogP contribution in [0.1, 0.15) is 42.4 Å². The number of aliphatic hydroxyl groups is 1. The molecule has 4 heterocycles. The van der Waals surface area contributed by atoms with Crippen LogP contribution >= 0.6 is 0 Å². The van der Waals surface area contributed by atoms with Gasteiger partial charge in [0.15, 0.2) is 0 Å². The second-order valence-corrected chi connectivity index (χ2v) is 10.7. The molecule has 1 aromatic carbocycles. The first-order valence-corrected chi connectivity index (χ1v) is 13.5. The molecule has 6 rings (SSSR count). The molecule has 3 aromatic heterocycles. The summed E-state index contributed by atoms with van der Waals surface area (Å²) in [6, 6.07) is 9.49. The van der Waals surface area contributed by atoms with Gasteiger partial charge in [-0.25, -0.2) is 4.39 Å². The van der Waals surface area contributed by atoms with Crippen LogP contribution in [-0.4, -0.2) is 74.1 Å². The van der Waals surface area contributed by atoms with Gasteiger partial charge in [-0.2, -0.15) is 4.98 Å². The lowest BCUT2D eigenvalue weighted by Crippen LogP contribution is -2.46. The number of likely N-dealkylation sites (tertiary alicyclic amines) is 1. The second kappa shape index (κ2) is 10.1. The van der Waals surface area contributed by atoms with Gasteiger partial charge in [0.1, 0.15) is 6.17 Å². The molecule has 1 amide bonds. The SMILES string of the molecule is CCn1c(-c2noc(CNC(=O)c3ccn(C4(CO)CC4)c3)n2)cc2c(N[C@@H]3CCN(C)C[C@@H]3F)cccc21. The highest BCUT2D eigenvalue weighted by molar-refractivity contribution is 5.96. The van der Waals surface area contributed by atoms with Crippen LogP contribution in [0, 0.1) is 0 Å². The molecule has 0 bridgehead atoms. The highest BCUT2D eigenvalue weighted by atomic mass is 19.1. The first-order valence-electron chi connectivity index (χ1n) is 13.5. The molecule has 1 aliphatic heterocycles. The van der Waals surface area contributed by atoms with Crippen molar-refractivity contribution in [1.82, 2.24) is 29.5 Å². The normalized spacial score (nSPS) is 20.8.